The predicted octanol–water partition coefficient (Wildman–Crippen LogP) is 3.02. The first-order valence-electron chi connectivity index (χ1n) is 8.33. The molecule has 2 heterocycles. The Morgan fingerprint density at radius 1 is 1.24 bits per heavy atom. The summed E-state index contributed by atoms with van der Waals surface area (Å²) in [6.07, 6.45) is 4.93. The highest BCUT2D eigenvalue weighted by molar-refractivity contribution is 5.89. The molecule has 7 nitrogen and oxygen atoms in total. The highest BCUT2D eigenvalue weighted by atomic mass is 16.5. The van der Waals surface area contributed by atoms with Crippen molar-refractivity contribution in [2.45, 2.75) is 32.2 Å². The first-order chi connectivity index (χ1) is 12.1. The van der Waals surface area contributed by atoms with Crippen LogP contribution >= 0.6 is 0 Å². The van der Waals surface area contributed by atoms with E-state index in [9.17, 15) is 4.79 Å². The summed E-state index contributed by atoms with van der Waals surface area (Å²) in [4.78, 5) is 22.2. The number of hydrogen-bond donors (Lipinski definition) is 1. The smallest absolute Gasteiger partial charge is 0.337 e. The Morgan fingerprint density at radius 3 is 2.68 bits per heavy atom. The second-order valence-electron chi connectivity index (χ2n) is 6.07. The van der Waals surface area contributed by atoms with E-state index in [2.05, 4.69) is 26.5 Å². The maximum atomic E-state index is 11.5. The lowest BCUT2D eigenvalue weighted by Crippen LogP contribution is -2.38. The number of ether oxygens (including phenoxy) is 2. The lowest BCUT2D eigenvalue weighted by atomic mass is 10.0. The number of rotatable bonds is 4. The number of nitrogens with zero attached hydrogens (tertiary/aromatic N) is 3. The summed E-state index contributed by atoms with van der Waals surface area (Å²) in [6.45, 7) is 3.10. The second kappa shape index (κ2) is 7.38. The van der Waals surface area contributed by atoms with Gasteiger partial charge in [0.1, 0.15) is 17.8 Å². The second-order valence-corrected chi connectivity index (χ2v) is 6.07. The standard InChI is InChI=1S/C18H22N4O3/c1-12-5-3-4-10-22(12)16-15(19)17(21-11-20-16)25-14-8-6-13(7-9-14)18(23)24-2/h6-9,11-12H,3-5,10,19H2,1-2H3. The average Bonchev–Trinajstić information content (AvgIpc) is 2.64. The van der Waals surface area contributed by atoms with Crippen molar-refractivity contribution < 1.29 is 14.3 Å². The van der Waals surface area contributed by atoms with Crippen LogP contribution in [0.25, 0.3) is 0 Å². The Kier molecular flexibility index (Phi) is 5.02. The molecule has 1 unspecified atom stereocenters. The molecule has 1 atom stereocenters. The van der Waals surface area contributed by atoms with Crippen molar-refractivity contribution in [3.63, 3.8) is 0 Å². The first kappa shape index (κ1) is 17.0. The van der Waals surface area contributed by atoms with Gasteiger partial charge in [0.05, 0.1) is 12.7 Å². The fourth-order valence-electron chi connectivity index (χ4n) is 2.98. The maximum absolute atomic E-state index is 11.5. The summed E-state index contributed by atoms with van der Waals surface area (Å²) in [5.41, 5.74) is 7.13. The van der Waals surface area contributed by atoms with Crippen LogP contribution in [0.15, 0.2) is 30.6 Å². The molecule has 1 aliphatic rings. The molecule has 25 heavy (non-hydrogen) atoms. The SMILES string of the molecule is COC(=O)c1ccc(Oc2ncnc(N3CCCCC3C)c2N)cc1. The quantitative estimate of drug-likeness (QED) is 0.854. The molecule has 0 amide bonds. The predicted molar refractivity (Wildman–Crippen MR) is 95.0 cm³/mol. The Morgan fingerprint density at radius 2 is 2.00 bits per heavy atom. The third-order valence-electron chi connectivity index (χ3n) is 4.39. The van der Waals surface area contributed by atoms with Gasteiger partial charge in [0, 0.05) is 12.6 Å². The molecule has 0 spiro atoms. The van der Waals surface area contributed by atoms with Gasteiger partial charge in [0.2, 0.25) is 5.88 Å². The molecule has 2 N–H and O–H groups in total. The molecule has 0 bridgehead atoms. The number of benzene rings is 1. The maximum Gasteiger partial charge on any atom is 0.337 e. The molecule has 3 rings (SSSR count). The fraction of sp³-hybridized carbons (Fsp3) is 0.389. The third-order valence-corrected chi connectivity index (χ3v) is 4.39. The van der Waals surface area contributed by atoms with Crippen LogP contribution in [0.3, 0.4) is 0 Å². The van der Waals surface area contributed by atoms with Crippen molar-refractivity contribution >= 4 is 17.5 Å². The summed E-state index contributed by atoms with van der Waals surface area (Å²) >= 11 is 0. The van der Waals surface area contributed by atoms with Crippen LogP contribution in [0.4, 0.5) is 11.5 Å². The van der Waals surface area contributed by atoms with Crippen LogP contribution < -0.4 is 15.4 Å². The van der Waals surface area contributed by atoms with Crippen LogP contribution in [0.5, 0.6) is 11.6 Å². The molecule has 1 fully saturated rings. The summed E-state index contributed by atoms with van der Waals surface area (Å²) in [6, 6.07) is 7.00. The molecule has 0 aliphatic carbocycles. The summed E-state index contributed by atoms with van der Waals surface area (Å²) < 4.78 is 10.5. The van der Waals surface area contributed by atoms with Gasteiger partial charge in [-0.25, -0.2) is 9.78 Å². The number of carbonyl (C=O) groups is 1. The normalized spacial score (nSPS) is 17.2. The highest BCUT2D eigenvalue weighted by Crippen LogP contribution is 2.34. The number of piperidine rings is 1. The van der Waals surface area contributed by atoms with Crippen LogP contribution in [0.2, 0.25) is 0 Å². The monoisotopic (exact) mass is 342 g/mol. The molecule has 132 valence electrons. The Labute approximate surface area is 146 Å². The van der Waals surface area contributed by atoms with Gasteiger partial charge in [-0.3, -0.25) is 0 Å². The van der Waals surface area contributed by atoms with Crippen LogP contribution in [-0.2, 0) is 4.74 Å². The van der Waals surface area contributed by atoms with Crippen LogP contribution in [0.1, 0.15) is 36.5 Å². The molecule has 1 aromatic heterocycles. The van der Waals surface area contributed by atoms with Crippen molar-refractivity contribution in [2.75, 3.05) is 24.3 Å². The molecule has 7 heteroatoms. The van der Waals surface area contributed by atoms with Gasteiger partial charge in [-0.1, -0.05) is 0 Å². The van der Waals surface area contributed by atoms with Gasteiger partial charge in [0.15, 0.2) is 5.82 Å². The van der Waals surface area contributed by atoms with Crippen LogP contribution in [0, 0.1) is 0 Å². The van der Waals surface area contributed by atoms with Gasteiger partial charge in [-0.05, 0) is 50.5 Å². The number of nitrogen functional groups attached to an aromatic ring is 1. The van der Waals surface area contributed by atoms with E-state index in [1.807, 2.05) is 0 Å². The van der Waals surface area contributed by atoms with Gasteiger partial charge >= 0.3 is 5.97 Å². The van der Waals surface area contributed by atoms with E-state index in [4.69, 9.17) is 10.5 Å². The number of carbonyl (C=O) groups excluding carboxylic acids is 1. The zero-order valence-electron chi connectivity index (χ0n) is 14.4. The van der Waals surface area contributed by atoms with E-state index in [0.717, 1.165) is 19.4 Å². The molecular weight excluding hydrogens is 320 g/mol. The number of aromatic nitrogens is 2. The van der Waals surface area contributed by atoms with Crippen molar-refractivity contribution in [1.82, 2.24) is 9.97 Å². The van der Waals surface area contributed by atoms with Gasteiger partial charge in [-0.2, -0.15) is 4.98 Å². The average molecular weight is 342 g/mol. The molecule has 0 radical (unpaired) electrons. The lowest BCUT2D eigenvalue weighted by molar-refractivity contribution is 0.0600. The highest BCUT2D eigenvalue weighted by Gasteiger charge is 2.23. The number of methoxy groups -OCH3 is 1. The first-order valence-corrected chi connectivity index (χ1v) is 8.33. The van der Waals surface area contributed by atoms with Gasteiger partial charge < -0.3 is 20.1 Å². The molecule has 1 aliphatic heterocycles. The van der Waals surface area contributed by atoms with Crippen molar-refractivity contribution in [3.05, 3.63) is 36.2 Å². The van der Waals surface area contributed by atoms with Gasteiger partial charge in [0.25, 0.3) is 0 Å². The number of anilines is 2. The Bertz CT molecular complexity index is 748. The number of esters is 1. The third kappa shape index (κ3) is 3.65. The van der Waals surface area contributed by atoms with Crippen molar-refractivity contribution in [2.24, 2.45) is 0 Å². The van der Waals surface area contributed by atoms with E-state index >= 15 is 0 Å². The van der Waals surface area contributed by atoms with E-state index in [0.29, 0.717) is 34.7 Å². The molecule has 1 saturated heterocycles. The molecule has 2 aromatic rings. The number of nitrogens with two attached hydrogens (primary N) is 1. The lowest BCUT2D eigenvalue weighted by Gasteiger charge is -2.35. The molecule has 0 saturated carbocycles. The zero-order chi connectivity index (χ0) is 17.8. The van der Waals surface area contributed by atoms with Crippen molar-refractivity contribution in [3.8, 4) is 11.6 Å². The Hall–Kier alpha value is -2.83. The minimum atomic E-state index is -0.394. The molecule has 1 aromatic carbocycles. The molecular formula is C18H22N4O3. The van der Waals surface area contributed by atoms with Crippen LogP contribution in [-0.4, -0.2) is 35.6 Å². The minimum Gasteiger partial charge on any atom is -0.465 e. The fourth-order valence-corrected chi connectivity index (χ4v) is 2.98. The van der Waals surface area contributed by atoms with E-state index < -0.39 is 5.97 Å². The summed E-state index contributed by atoms with van der Waals surface area (Å²) in [5, 5.41) is 0. The Balaban J connectivity index is 1.81. The summed E-state index contributed by atoms with van der Waals surface area (Å²) in [5.74, 6) is 1.17. The number of hydrogen-bond acceptors (Lipinski definition) is 7. The summed E-state index contributed by atoms with van der Waals surface area (Å²) in [7, 11) is 1.34. The van der Waals surface area contributed by atoms with E-state index in [-0.39, 0.29) is 0 Å². The van der Waals surface area contributed by atoms with Crippen molar-refractivity contribution in [1.29, 1.82) is 0 Å². The van der Waals surface area contributed by atoms with Gasteiger partial charge in [-0.15, -0.1) is 0 Å². The van der Waals surface area contributed by atoms with E-state index in [1.165, 1.54) is 19.9 Å². The largest absolute Gasteiger partial charge is 0.465 e. The topological polar surface area (TPSA) is 90.6 Å². The zero-order valence-corrected chi connectivity index (χ0v) is 14.4. The van der Waals surface area contributed by atoms with E-state index in [1.54, 1.807) is 24.3 Å². The minimum absolute atomic E-state index is 0.314.